The molecule has 2 unspecified atom stereocenters. The molecule has 3 heterocycles. The van der Waals surface area contributed by atoms with Crippen molar-refractivity contribution in [2.24, 2.45) is 17.1 Å². The first kappa shape index (κ1) is 25.7. The molecule has 2 fully saturated rings. The number of ether oxygens (including phenoxy) is 2. The van der Waals surface area contributed by atoms with E-state index >= 15 is 0 Å². The van der Waals surface area contributed by atoms with Gasteiger partial charge in [0.1, 0.15) is 5.56 Å². The fourth-order valence-corrected chi connectivity index (χ4v) is 4.26. The minimum absolute atomic E-state index is 0.0527. The zero-order chi connectivity index (χ0) is 25.9. The number of amides is 1. The van der Waals surface area contributed by atoms with Crippen molar-refractivity contribution < 1.29 is 28.4 Å². The van der Waals surface area contributed by atoms with E-state index in [9.17, 15) is 14.9 Å². The van der Waals surface area contributed by atoms with Gasteiger partial charge < -0.3 is 29.8 Å². The maximum absolute atomic E-state index is 12.2. The number of nitriles is 1. The molecule has 0 bridgehead atoms. The summed E-state index contributed by atoms with van der Waals surface area (Å²) in [5.41, 5.74) is 7.66. The Bertz CT molecular complexity index is 1170. The van der Waals surface area contributed by atoms with E-state index in [-0.39, 0.29) is 41.1 Å². The molecule has 2 aromatic rings. The highest BCUT2D eigenvalue weighted by Gasteiger charge is 2.35. The van der Waals surface area contributed by atoms with Gasteiger partial charge in [-0.2, -0.15) is 10.4 Å². The first-order chi connectivity index (χ1) is 17.2. The summed E-state index contributed by atoms with van der Waals surface area (Å²) >= 11 is 0. The fourth-order valence-electron chi connectivity index (χ4n) is 4.26. The van der Waals surface area contributed by atoms with Crippen LogP contribution in [0.4, 0.5) is 11.5 Å². The van der Waals surface area contributed by atoms with E-state index in [2.05, 4.69) is 16.5 Å². The molecule has 36 heavy (non-hydrogen) atoms. The van der Waals surface area contributed by atoms with Gasteiger partial charge in [0.05, 0.1) is 38.2 Å². The zero-order valence-electron chi connectivity index (χ0n) is 20.7. The lowest BCUT2D eigenvalue weighted by Crippen LogP contribution is -2.48. The fraction of sp³-hybridized carbons (Fsp3) is 0.500. The molecule has 0 aliphatic carbocycles. The number of aromatic nitrogens is 2. The summed E-state index contributed by atoms with van der Waals surface area (Å²) in [6.45, 7) is 5.90. The number of rotatable bonds is 7. The number of hydrogen-bond acceptors (Lipinski definition) is 9. The molecule has 12 heteroatoms. The van der Waals surface area contributed by atoms with Crippen molar-refractivity contribution in [1.82, 2.24) is 9.78 Å². The van der Waals surface area contributed by atoms with Gasteiger partial charge in [0.2, 0.25) is 0 Å². The molecular weight excluding hydrogens is 465 g/mol. The van der Waals surface area contributed by atoms with Crippen LogP contribution < -0.4 is 16.5 Å². The highest BCUT2D eigenvalue weighted by molar-refractivity contribution is 6.62. The van der Waals surface area contributed by atoms with Crippen molar-refractivity contribution in [2.45, 2.75) is 32.7 Å². The summed E-state index contributed by atoms with van der Waals surface area (Å²) in [4.78, 5) is 24.2. The van der Waals surface area contributed by atoms with E-state index in [1.165, 1.54) is 13.3 Å². The standard InChI is InChI=1S/C24H30BN5O6/c1-24(2)13-35-25(36-14-24)19-9-17(5-4-15(19)8-21(31)33-3)28-23-18(22(27)32)11-30(29-23)20-12-34-7-6-16(20)10-26/h4-5,9,11,16,20H,6-8,12-14H2,1-3H3,(H2,27,32)(H,28,29). The van der Waals surface area contributed by atoms with Crippen molar-refractivity contribution in [3.8, 4) is 6.07 Å². The van der Waals surface area contributed by atoms with Crippen LogP contribution in [-0.2, 0) is 30.0 Å². The Labute approximate surface area is 210 Å². The highest BCUT2D eigenvalue weighted by atomic mass is 16.6. The second-order valence-electron chi connectivity index (χ2n) is 9.81. The van der Waals surface area contributed by atoms with Gasteiger partial charge in [-0.25, -0.2) is 0 Å². The van der Waals surface area contributed by atoms with Crippen LogP contribution in [0.3, 0.4) is 0 Å². The van der Waals surface area contributed by atoms with E-state index in [1.54, 1.807) is 22.9 Å². The topological polar surface area (TPSA) is 151 Å². The molecule has 4 rings (SSSR count). The predicted molar refractivity (Wildman–Crippen MR) is 131 cm³/mol. The maximum atomic E-state index is 12.2. The number of benzene rings is 1. The summed E-state index contributed by atoms with van der Waals surface area (Å²) in [6, 6.07) is 7.31. The van der Waals surface area contributed by atoms with Crippen LogP contribution >= 0.6 is 0 Å². The van der Waals surface area contributed by atoms with Crippen LogP contribution in [0.25, 0.3) is 0 Å². The molecule has 0 saturated carbocycles. The van der Waals surface area contributed by atoms with Crippen molar-refractivity contribution in [2.75, 3.05) is 38.9 Å². The van der Waals surface area contributed by atoms with Crippen molar-refractivity contribution >= 4 is 36.0 Å². The Hall–Kier alpha value is -3.40. The molecule has 11 nitrogen and oxygen atoms in total. The third-order valence-electron chi connectivity index (χ3n) is 6.31. The predicted octanol–water partition coefficient (Wildman–Crippen LogP) is 1.31. The first-order valence-corrected chi connectivity index (χ1v) is 11.8. The SMILES string of the molecule is COC(=O)Cc1ccc(Nc2nn(C3COCCC3C#N)cc2C(N)=O)cc1B1OCC(C)(C)CO1. The van der Waals surface area contributed by atoms with Gasteiger partial charge in [0.25, 0.3) is 5.91 Å². The van der Waals surface area contributed by atoms with Gasteiger partial charge in [0.15, 0.2) is 5.82 Å². The summed E-state index contributed by atoms with van der Waals surface area (Å²) in [6.07, 6.45) is 2.17. The van der Waals surface area contributed by atoms with Gasteiger partial charge in [-0.05, 0) is 29.6 Å². The average Bonchev–Trinajstić information content (AvgIpc) is 3.28. The monoisotopic (exact) mass is 495 g/mol. The molecule has 0 spiro atoms. The number of esters is 1. The van der Waals surface area contributed by atoms with Crippen LogP contribution in [0.1, 0.15) is 42.2 Å². The van der Waals surface area contributed by atoms with Gasteiger partial charge in [0, 0.05) is 37.1 Å². The van der Waals surface area contributed by atoms with E-state index in [1.807, 2.05) is 13.8 Å². The molecule has 2 aliphatic rings. The summed E-state index contributed by atoms with van der Waals surface area (Å²) in [5.74, 6) is -1.08. The third-order valence-corrected chi connectivity index (χ3v) is 6.31. The van der Waals surface area contributed by atoms with E-state index in [0.29, 0.717) is 49.6 Å². The Morgan fingerprint density at radius 3 is 2.78 bits per heavy atom. The lowest BCUT2D eigenvalue weighted by molar-refractivity contribution is -0.139. The van der Waals surface area contributed by atoms with Crippen LogP contribution in [-0.4, -0.2) is 62.3 Å². The molecule has 2 aliphatic heterocycles. The number of nitrogens with two attached hydrogens (primary N) is 1. The Morgan fingerprint density at radius 1 is 1.36 bits per heavy atom. The highest BCUT2D eigenvalue weighted by Crippen LogP contribution is 2.29. The summed E-state index contributed by atoms with van der Waals surface area (Å²) in [7, 11) is 0.674. The van der Waals surface area contributed by atoms with Crippen molar-refractivity contribution in [3.05, 3.63) is 35.5 Å². The molecule has 2 atom stereocenters. The second kappa shape index (κ2) is 10.7. The maximum Gasteiger partial charge on any atom is 0.494 e. The Kier molecular flexibility index (Phi) is 7.63. The minimum Gasteiger partial charge on any atom is -0.469 e. The molecule has 2 saturated heterocycles. The smallest absolute Gasteiger partial charge is 0.469 e. The van der Waals surface area contributed by atoms with Crippen molar-refractivity contribution in [3.63, 3.8) is 0 Å². The van der Waals surface area contributed by atoms with Crippen LogP contribution in [0, 0.1) is 22.7 Å². The van der Waals surface area contributed by atoms with E-state index in [4.69, 9.17) is 24.5 Å². The number of anilines is 2. The molecule has 1 amide bonds. The first-order valence-electron chi connectivity index (χ1n) is 11.8. The number of carbonyl (C=O) groups is 2. The van der Waals surface area contributed by atoms with Gasteiger partial charge >= 0.3 is 13.1 Å². The van der Waals surface area contributed by atoms with Gasteiger partial charge in [-0.15, -0.1) is 0 Å². The average molecular weight is 495 g/mol. The largest absolute Gasteiger partial charge is 0.494 e. The number of nitrogens with one attached hydrogen (secondary N) is 1. The molecule has 190 valence electrons. The number of methoxy groups -OCH3 is 1. The van der Waals surface area contributed by atoms with E-state index in [0.717, 1.165) is 0 Å². The Balaban J connectivity index is 1.64. The number of nitrogens with zero attached hydrogens (tertiary/aromatic N) is 3. The summed E-state index contributed by atoms with van der Waals surface area (Å²) < 4.78 is 23.9. The number of carbonyl (C=O) groups excluding carboxylic acids is 2. The molecule has 1 aromatic heterocycles. The zero-order valence-corrected chi connectivity index (χ0v) is 20.7. The summed E-state index contributed by atoms with van der Waals surface area (Å²) in [5, 5.41) is 17.2. The van der Waals surface area contributed by atoms with Gasteiger partial charge in [-0.1, -0.05) is 19.9 Å². The lowest BCUT2D eigenvalue weighted by Gasteiger charge is -2.33. The Morgan fingerprint density at radius 2 is 2.11 bits per heavy atom. The van der Waals surface area contributed by atoms with Crippen molar-refractivity contribution in [1.29, 1.82) is 5.26 Å². The third kappa shape index (κ3) is 5.70. The van der Waals surface area contributed by atoms with Crippen LogP contribution in [0.2, 0.25) is 0 Å². The number of hydrogen-bond donors (Lipinski definition) is 2. The van der Waals surface area contributed by atoms with Crippen LogP contribution in [0.15, 0.2) is 24.4 Å². The lowest BCUT2D eigenvalue weighted by atomic mass is 9.72. The van der Waals surface area contributed by atoms with Crippen LogP contribution in [0.5, 0.6) is 0 Å². The quantitative estimate of drug-likeness (QED) is 0.428. The molecule has 3 N–H and O–H groups in total. The minimum atomic E-state index is -0.664. The second-order valence-corrected chi connectivity index (χ2v) is 9.81. The molecule has 1 aromatic carbocycles. The molecule has 0 radical (unpaired) electrons. The van der Waals surface area contributed by atoms with Gasteiger partial charge in [-0.3, -0.25) is 14.3 Å². The number of primary amides is 1. The normalized spacial score (nSPS) is 21.4. The molecular formula is C24H30BN5O6. The van der Waals surface area contributed by atoms with E-state index < -0.39 is 13.0 Å².